The number of fused-ring (bicyclic) bond motifs is 1. The molecule has 0 aliphatic carbocycles. The highest BCUT2D eigenvalue weighted by atomic mass is 35.5. The van der Waals surface area contributed by atoms with E-state index in [0.717, 1.165) is 35.3 Å². The van der Waals surface area contributed by atoms with Gasteiger partial charge in [-0.05, 0) is 81.7 Å². The van der Waals surface area contributed by atoms with Crippen LogP contribution in [0.1, 0.15) is 16.8 Å². The minimum absolute atomic E-state index is 0. The van der Waals surface area contributed by atoms with E-state index >= 15 is 0 Å². The Morgan fingerprint density at radius 3 is 2.42 bits per heavy atom. The zero-order chi connectivity index (χ0) is 25.0. The SMILES string of the molecule is CN(C)CCCN(C(=O)c1cccc(NS(=O)(=O)c2ccc(F)cc2)c1)c1nc2ccccc2s1.Cl. The third kappa shape index (κ3) is 6.58. The van der Waals surface area contributed by atoms with E-state index in [1.807, 2.05) is 43.3 Å². The number of halogens is 2. The Morgan fingerprint density at radius 2 is 1.72 bits per heavy atom. The number of aromatic nitrogens is 1. The second-order valence-electron chi connectivity index (χ2n) is 8.22. The maximum atomic E-state index is 13.6. The highest BCUT2D eigenvalue weighted by molar-refractivity contribution is 7.92. The number of anilines is 2. The summed E-state index contributed by atoms with van der Waals surface area (Å²) in [5.74, 6) is -0.800. The Bertz CT molecular complexity index is 1410. The first kappa shape index (κ1) is 27.5. The van der Waals surface area contributed by atoms with Gasteiger partial charge >= 0.3 is 0 Å². The number of para-hydroxylation sites is 1. The summed E-state index contributed by atoms with van der Waals surface area (Å²) in [6.07, 6.45) is 0.742. The number of amides is 1. The third-order valence-electron chi connectivity index (χ3n) is 5.23. The van der Waals surface area contributed by atoms with Crippen LogP contribution in [0.3, 0.4) is 0 Å². The van der Waals surface area contributed by atoms with Gasteiger partial charge in [0.15, 0.2) is 5.13 Å². The summed E-state index contributed by atoms with van der Waals surface area (Å²) in [6.45, 7) is 1.26. The number of benzene rings is 3. The molecule has 0 aliphatic rings. The molecule has 190 valence electrons. The van der Waals surface area contributed by atoms with Crippen LogP contribution in [-0.4, -0.2) is 51.4 Å². The second-order valence-corrected chi connectivity index (χ2v) is 10.9. The number of rotatable bonds is 9. The van der Waals surface area contributed by atoms with E-state index in [1.165, 1.54) is 29.5 Å². The van der Waals surface area contributed by atoms with Crippen molar-refractivity contribution in [2.75, 3.05) is 36.8 Å². The molecule has 0 saturated heterocycles. The molecule has 4 aromatic rings. The Kier molecular flexibility index (Phi) is 9.02. The lowest BCUT2D eigenvalue weighted by Gasteiger charge is -2.21. The van der Waals surface area contributed by atoms with Gasteiger partial charge in [0.2, 0.25) is 0 Å². The van der Waals surface area contributed by atoms with Gasteiger partial charge in [0.05, 0.1) is 15.1 Å². The Labute approximate surface area is 220 Å². The zero-order valence-electron chi connectivity index (χ0n) is 19.7. The molecule has 36 heavy (non-hydrogen) atoms. The third-order valence-corrected chi connectivity index (χ3v) is 7.69. The van der Waals surface area contributed by atoms with Gasteiger partial charge in [-0.15, -0.1) is 12.4 Å². The quantitative estimate of drug-likeness (QED) is 0.309. The molecule has 4 rings (SSSR count). The molecule has 0 atom stereocenters. The number of nitrogens with zero attached hydrogens (tertiary/aromatic N) is 3. The van der Waals surface area contributed by atoms with E-state index in [0.29, 0.717) is 17.2 Å². The van der Waals surface area contributed by atoms with Crippen molar-refractivity contribution in [1.29, 1.82) is 0 Å². The van der Waals surface area contributed by atoms with Gasteiger partial charge in [-0.25, -0.2) is 17.8 Å². The number of hydrogen-bond acceptors (Lipinski definition) is 6. The number of thiazole rings is 1. The van der Waals surface area contributed by atoms with E-state index < -0.39 is 15.8 Å². The molecule has 1 N–H and O–H groups in total. The topological polar surface area (TPSA) is 82.6 Å². The molecule has 0 spiro atoms. The number of sulfonamides is 1. The van der Waals surface area contributed by atoms with Crippen LogP contribution in [0, 0.1) is 5.82 Å². The van der Waals surface area contributed by atoms with E-state index in [-0.39, 0.29) is 28.9 Å². The lowest BCUT2D eigenvalue weighted by Crippen LogP contribution is -2.33. The molecular weight excluding hydrogens is 523 g/mol. The van der Waals surface area contributed by atoms with Crippen molar-refractivity contribution in [1.82, 2.24) is 9.88 Å². The first-order valence-corrected chi connectivity index (χ1v) is 13.2. The van der Waals surface area contributed by atoms with Crippen LogP contribution >= 0.6 is 23.7 Å². The molecule has 1 aromatic heterocycles. The first-order chi connectivity index (χ1) is 16.7. The van der Waals surface area contributed by atoms with Gasteiger partial charge in [-0.2, -0.15) is 0 Å². The van der Waals surface area contributed by atoms with Crippen LogP contribution < -0.4 is 9.62 Å². The molecule has 0 aliphatic heterocycles. The molecule has 11 heteroatoms. The van der Waals surface area contributed by atoms with Gasteiger partial charge in [0.25, 0.3) is 15.9 Å². The van der Waals surface area contributed by atoms with Gasteiger partial charge < -0.3 is 4.90 Å². The van der Waals surface area contributed by atoms with Crippen molar-refractivity contribution in [3.8, 4) is 0 Å². The first-order valence-electron chi connectivity index (χ1n) is 10.9. The molecule has 0 saturated carbocycles. The summed E-state index contributed by atoms with van der Waals surface area (Å²) in [5, 5.41) is 0.590. The smallest absolute Gasteiger partial charge is 0.261 e. The van der Waals surface area contributed by atoms with E-state index in [1.54, 1.807) is 23.1 Å². The van der Waals surface area contributed by atoms with Gasteiger partial charge in [0, 0.05) is 17.8 Å². The van der Waals surface area contributed by atoms with Crippen molar-refractivity contribution in [2.24, 2.45) is 0 Å². The summed E-state index contributed by atoms with van der Waals surface area (Å²) < 4.78 is 42.1. The molecule has 0 bridgehead atoms. The predicted molar refractivity (Wildman–Crippen MR) is 145 cm³/mol. The summed E-state index contributed by atoms with van der Waals surface area (Å²) in [6, 6.07) is 18.6. The highest BCUT2D eigenvalue weighted by Crippen LogP contribution is 2.30. The average Bonchev–Trinajstić information content (AvgIpc) is 3.25. The fourth-order valence-electron chi connectivity index (χ4n) is 3.50. The van der Waals surface area contributed by atoms with Crippen molar-refractivity contribution >= 4 is 60.7 Å². The Hall–Kier alpha value is -3.05. The number of nitrogens with one attached hydrogen (secondary N) is 1. The monoisotopic (exact) mass is 548 g/mol. The summed E-state index contributed by atoms with van der Waals surface area (Å²) in [4.78, 5) is 21.9. The maximum Gasteiger partial charge on any atom is 0.261 e. The van der Waals surface area contributed by atoms with E-state index in [9.17, 15) is 17.6 Å². The number of hydrogen-bond donors (Lipinski definition) is 1. The molecular formula is C25H26ClFN4O3S2. The molecule has 1 heterocycles. The van der Waals surface area contributed by atoms with Gasteiger partial charge in [-0.1, -0.05) is 29.5 Å². The minimum Gasteiger partial charge on any atom is -0.309 e. The fourth-order valence-corrected chi connectivity index (χ4v) is 5.54. The molecule has 7 nitrogen and oxygen atoms in total. The Morgan fingerprint density at radius 1 is 1.00 bits per heavy atom. The van der Waals surface area contributed by atoms with Gasteiger partial charge in [-0.3, -0.25) is 14.4 Å². The normalized spacial score (nSPS) is 11.3. The number of carbonyl (C=O) groups excluding carboxylic acids is 1. The lowest BCUT2D eigenvalue weighted by molar-refractivity contribution is 0.0986. The van der Waals surface area contributed by atoms with Crippen LogP contribution in [0.5, 0.6) is 0 Å². The number of carbonyl (C=O) groups is 1. The standard InChI is InChI=1S/C25H25FN4O3S2.ClH/c1-29(2)15-6-16-30(25-27-22-9-3-4-10-23(22)34-25)24(31)18-7-5-8-20(17-18)28-35(32,33)21-13-11-19(26)12-14-21;/h3-5,7-14,17,28H,6,15-16H2,1-2H3;1H. The van der Waals surface area contributed by atoms with Crippen LogP contribution in [0.4, 0.5) is 15.2 Å². The van der Waals surface area contributed by atoms with Gasteiger partial charge in [0.1, 0.15) is 5.82 Å². The van der Waals surface area contributed by atoms with E-state index in [4.69, 9.17) is 0 Å². The average molecular weight is 549 g/mol. The van der Waals surface area contributed by atoms with Crippen molar-refractivity contribution in [2.45, 2.75) is 11.3 Å². The lowest BCUT2D eigenvalue weighted by atomic mass is 10.2. The highest BCUT2D eigenvalue weighted by Gasteiger charge is 2.22. The van der Waals surface area contributed by atoms with E-state index in [2.05, 4.69) is 9.71 Å². The molecule has 0 unspecified atom stereocenters. The maximum absolute atomic E-state index is 13.6. The minimum atomic E-state index is -3.94. The molecule has 3 aromatic carbocycles. The Balaban J connectivity index is 0.00000361. The molecule has 0 fully saturated rings. The molecule has 0 radical (unpaired) electrons. The van der Waals surface area contributed by atoms with Crippen LogP contribution in [0.15, 0.2) is 77.7 Å². The largest absolute Gasteiger partial charge is 0.309 e. The summed E-state index contributed by atoms with van der Waals surface area (Å²) in [7, 11) is 0.00216. The van der Waals surface area contributed by atoms with Crippen LogP contribution in [0.25, 0.3) is 10.2 Å². The zero-order valence-corrected chi connectivity index (χ0v) is 22.2. The van der Waals surface area contributed by atoms with Crippen LogP contribution in [0.2, 0.25) is 0 Å². The second kappa shape index (κ2) is 11.8. The molecule has 1 amide bonds. The van der Waals surface area contributed by atoms with Crippen molar-refractivity contribution in [3.63, 3.8) is 0 Å². The predicted octanol–water partition coefficient (Wildman–Crippen LogP) is 5.26. The fraction of sp³-hybridized carbons (Fsp3) is 0.200. The summed E-state index contributed by atoms with van der Waals surface area (Å²) in [5.41, 5.74) is 1.38. The van der Waals surface area contributed by atoms with Crippen molar-refractivity contribution < 1.29 is 17.6 Å². The van der Waals surface area contributed by atoms with Crippen molar-refractivity contribution in [3.05, 3.63) is 84.2 Å². The van der Waals surface area contributed by atoms with Crippen LogP contribution in [-0.2, 0) is 10.0 Å². The summed E-state index contributed by atoms with van der Waals surface area (Å²) >= 11 is 1.44.